The van der Waals surface area contributed by atoms with E-state index in [0.29, 0.717) is 0 Å². The van der Waals surface area contributed by atoms with Crippen LogP contribution in [0.15, 0.2) is 60.7 Å². The molecule has 2 aromatic rings. The van der Waals surface area contributed by atoms with Crippen molar-refractivity contribution in [1.82, 2.24) is 0 Å². The van der Waals surface area contributed by atoms with E-state index in [2.05, 4.69) is 72.8 Å². The van der Waals surface area contributed by atoms with E-state index in [1.54, 1.807) is 19.5 Å². The number of hydrogen-bond donors (Lipinski definition) is 0. The molecule has 102 valence electrons. The van der Waals surface area contributed by atoms with Gasteiger partial charge in [0.15, 0.2) is 0 Å². The van der Waals surface area contributed by atoms with Gasteiger partial charge in [0, 0.05) is 0 Å². The zero-order valence-corrected chi connectivity index (χ0v) is 15.6. The van der Waals surface area contributed by atoms with Crippen LogP contribution in [0.3, 0.4) is 0 Å². The number of benzene rings is 2. The fraction of sp³-hybridized carbons (Fsp3) is 0.200. The van der Waals surface area contributed by atoms with Crippen LogP contribution in [0.4, 0.5) is 0 Å². The van der Waals surface area contributed by atoms with E-state index in [1.807, 2.05) is 0 Å². The molecule has 0 amide bonds. The number of fused-ring (bicyclic) bond motifs is 2. The Morgan fingerprint density at radius 3 is 1.62 bits per heavy atom. The van der Waals surface area contributed by atoms with Gasteiger partial charge in [0.25, 0.3) is 0 Å². The van der Waals surface area contributed by atoms with Crippen molar-refractivity contribution in [2.24, 2.45) is 0 Å². The molecule has 21 heavy (non-hydrogen) atoms. The summed E-state index contributed by atoms with van der Waals surface area (Å²) in [6.07, 6.45) is 9.86. The van der Waals surface area contributed by atoms with E-state index in [9.17, 15) is 0 Å². The van der Waals surface area contributed by atoms with Crippen molar-refractivity contribution in [2.45, 2.75) is 15.7 Å². The molecule has 1 fully saturated rings. The van der Waals surface area contributed by atoms with E-state index in [1.165, 1.54) is 11.1 Å². The van der Waals surface area contributed by atoms with Crippen molar-refractivity contribution < 1.29 is 20.0 Å². The number of hydrogen-bond acceptors (Lipinski definition) is 0. The van der Waals surface area contributed by atoms with Crippen LogP contribution in [0, 0.1) is 0 Å². The molecule has 0 saturated carbocycles. The monoisotopic (exact) mass is 438 g/mol. The van der Waals surface area contributed by atoms with Crippen molar-refractivity contribution in [3.8, 4) is 0 Å². The van der Waals surface area contributed by atoms with Gasteiger partial charge in [-0.25, -0.2) is 0 Å². The van der Waals surface area contributed by atoms with E-state index >= 15 is 0 Å². The summed E-state index contributed by atoms with van der Waals surface area (Å²) in [5, 5.41) is 0. The van der Waals surface area contributed by atoms with Crippen LogP contribution in [0.1, 0.15) is 29.6 Å². The Kier molecular flexibility index (Phi) is 2.58. The Bertz CT molecular complexity index is 716. The second kappa shape index (κ2) is 4.39. The molecule has 2 unspecified atom stereocenters. The van der Waals surface area contributed by atoms with Crippen molar-refractivity contribution in [3.63, 3.8) is 0 Å². The molecule has 2 aromatic carbocycles. The van der Waals surface area contributed by atoms with Gasteiger partial charge in [0.2, 0.25) is 0 Å². The molecule has 1 heterocycles. The number of allylic oxidation sites excluding steroid dienone is 2. The van der Waals surface area contributed by atoms with Crippen LogP contribution in [0.25, 0.3) is 12.2 Å². The van der Waals surface area contributed by atoms with Gasteiger partial charge in [0.05, 0.1) is 0 Å². The fourth-order valence-electron chi connectivity index (χ4n) is 4.46. The first-order valence-corrected chi connectivity index (χ1v) is 17.2. The zero-order chi connectivity index (χ0) is 13.9. The Balaban J connectivity index is 1.59. The summed E-state index contributed by atoms with van der Waals surface area (Å²) in [5.74, 6) is 0. The molecule has 3 aliphatic rings. The van der Waals surface area contributed by atoms with Gasteiger partial charge in [-0.2, -0.15) is 0 Å². The third kappa shape index (κ3) is 1.70. The van der Waals surface area contributed by atoms with Gasteiger partial charge in [-0.3, -0.25) is 0 Å². The normalized spacial score (nSPS) is 26.7. The van der Waals surface area contributed by atoms with Gasteiger partial charge >= 0.3 is 131 Å². The molecule has 0 bridgehead atoms. The van der Waals surface area contributed by atoms with Gasteiger partial charge in [-0.05, 0) is 0 Å². The van der Waals surface area contributed by atoms with Crippen molar-refractivity contribution >= 4 is 12.2 Å². The maximum atomic E-state index is 2.55. The number of rotatable bonds is 2. The zero-order valence-electron chi connectivity index (χ0n) is 12.0. The SMILES string of the molecule is C1=C[CH]([Hf]2([CH]3C=Cc4ccccc43)[CH2][CH2]2)c2ccccc21. The van der Waals surface area contributed by atoms with E-state index in [-0.39, 0.29) is 0 Å². The predicted octanol–water partition coefficient (Wildman–Crippen LogP) is 5.53. The van der Waals surface area contributed by atoms with E-state index in [4.69, 9.17) is 0 Å². The Morgan fingerprint density at radius 2 is 1.14 bits per heavy atom. The standard InChI is InChI=1S/2C9H7.C2H4.Hf/c2*1-2-5-9-7-3-6-8(9)4-1;1-2;/h2*1-7H;1-2H2;. The van der Waals surface area contributed by atoms with E-state index < -0.39 is 20.0 Å². The summed E-state index contributed by atoms with van der Waals surface area (Å²) in [5.41, 5.74) is 6.22. The van der Waals surface area contributed by atoms with Gasteiger partial charge in [0.1, 0.15) is 0 Å². The molecule has 0 spiro atoms. The van der Waals surface area contributed by atoms with Gasteiger partial charge in [-0.15, -0.1) is 0 Å². The minimum absolute atomic E-state index is 0.814. The predicted molar refractivity (Wildman–Crippen MR) is 86.0 cm³/mol. The first-order chi connectivity index (χ1) is 10.4. The third-order valence-electron chi connectivity index (χ3n) is 5.66. The third-order valence-corrected chi connectivity index (χ3v) is 24.1. The second-order valence-corrected chi connectivity index (χ2v) is 23.6. The molecular formula is C20H18Hf. The molecule has 0 aromatic heterocycles. The quantitative estimate of drug-likeness (QED) is 0.543. The molecule has 2 atom stereocenters. The molecule has 5 rings (SSSR count). The molecule has 0 radical (unpaired) electrons. The van der Waals surface area contributed by atoms with Crippen LogP contribution in [-0.4, -0.2) is 0 Å². The van der Waals surface area contributed by atoms with E-state index in [0.717, 1.165) is 7.35 Å². The summed E-state index contributed by atoms with van der Waals surface area (Å²) < 4.78 is 4.77. The fourth-order valence-corrected chi connectivity index (χ4v) is 29.6. The summed E-state index contributed by atoms with van der Waals surface area (Å²) >= 11 is -2.27. The van der Waals surface area contributed by atoms with Crippen LogP contribution < -0.4 is 0 Å². The van der Waals surface area contributed by atoms with Crippen LogP contribution in [0.2, 0.25) is 8.35 Å². The minimum atomic E-state index is -2.27. The average molecular weight is 437 g/mol. The summed E-state index contributed by atoms with van der Waals surface area (Å²) in [6, 6.07) is 18.1. The molecular weight excluding hydrogens is 419 g/mol. The van der Waals surface area contributed by atoms with Crippen LogP contribution >= 0.6 is 0 Å². The maximum absolute atomic E-state index is 2.55. The van der Waals surface area contributed by atoms with Crippen LogP contribution in [-0.2, 0) is 20.0 Å². The average Bonchev–Trinajstić information content (AvgIpc) is 3.03. The van der Waals surface area contributed by atoms with Crippen LogP contribution in [0.5, 0.6) is 0 Å². The molecule has 0 nitrogen and oxygen atoms in total. The molecule has 0 N–H and O–H groups in total. The summed E-state index contributed by atoms with van der Waals surface area (Å²) in [4.78, 5) is 0. The molecule has 1 heteroatoms. The Hall–Kier alpha value is -1.21. The second-order valence-electron chi connectivity index (χ2n) is 6.66. The van der Waals surface area contributed by atoms with Gasteiger partial charge in [-0.1, -0.05) is 0 Å². The summed E-state index contributed by atoms with van der Waals surface area (Å²) in [6.45, 7) is 0. The molecule has 1 saturated heterocycles. The molecule has 1 aliphatic heterocycles. The van der Waals surface area contributed by atoms with Gasteiger partial charge < -0.3 is 0 Å². The van der Waals surface area contributed by atoms with Crippen molar-refractivity contribution in [3.05, 3.63) is 82.9 Å². The first kappa shape index (κ1) is 12.3. The first-order valence-electron chi connectivity index (χ1n) is 7.93. The molecule has 2 aliphatic carbocycles. The Labute approximate surface area is 130 Å². The topological polar surface area (TPSA) is 0 Å². The summed E-state index contributed by atoms with van der Waals surface area (Å²) in [7, 11) is 0. The Morgan fingerprint density at radius 1 is 0.667 bits per heavy atom. The van der Waals surface area contributed by atoms with Crippen molar-refractivity contribution in [2.75, 3.05) is 0 Å². The van der Waals surface area contributed by atoms with Crippen molar-refractivity contribution in [1.29, 1.82) is 0 Å².